The number of carbonyl (C=O) groups excluding carboxylic acids is 8. The Kier molecular flexibility index (Phi) is 33.7. The fraction of sp³-hybridized carbons (Fsp3) is 0.0588. The third kappa shape index (κ3) is 22.7. The normalized spacial score (nSPS) is 10.5. The number of nitrogens with zero attached hydrogens (tertiary/aromatic N) is 4. The summed E-state index contributed by atoms with van der Waals surface area (Å²) in [4.78, 5) is 112. The fourth-order valence-electron chi connectivity index (χ4n) is 9.60. The zero-order valence-corrected chi connectivity index (χ0v) is 64.7. The zero-order chi connectivity index (χ0) is 69.8. The molecule has 24 nitrogen and oxygen atoms in total. The third-order valence-electron chi connectivity index (χ3n) is 14.1. The van der Waals surface area contributed by atoms with E-state index in [0.717, 1.165) is 116 Å². The number of aromatic nitrogens is 8. The van der Waals surface area contributed by atoms with Gasteiger partial charge in [0.1, 0.15) is 0 Å². The molecule has 6 heterocycles. The molecule has 4 amide bonds. The Balaban J connectivity index is 0.000000282. The van der Waals surface area contributed by atoms with E-state index in [2.05, 4.69) is 204 Å². The number of hydrogen-bond donors (Lipinski definition) is 4. The van der Waals surface area contributed by atoms with Crippen molar-refractivity contribution in [1.82, 2.24) is 39.9 Å². The van der Waals surface area contributed by atoms with Crippen LogP contribution < -0.4 is 22.3 Å². The number of H-pyrrole nitrogens is 4. The maximum Gasteiger partial charge on any atom is 2.00 e. The maximum atomic E-state index is 10.7. The average Bonchev–Trinajstić information content (AvgIpc) is 1.52. The van der Waals surface area contributed by atoms with Gasteiger partial charge in [0.05, 0.1) is 101 Å². The molecule has 0 saturated heterocycles. The number of ether oxygens (including phenoxy) is 4. The first-order valence-electron chi connectivity index (χ1n) is 28.4. The fourth-order valence-corrected chi connectivity index (χ4v) is 13.6. The van der Waals surface area contributed by atoms with Gasteiger partial charge >= 0.3 is 74.2 Å². The molecule has 0 aliphatic carbocycles. The van der Waals surface area contributed by atoms with Crippen molar-refractivity contribution in [1.29, 1.82) is 0 Å². The number of fused-ring (bicyclic) bond motifs is 6. The zero-order valence-electron chi connectivity index (χ0n) is 53.5. The van der Waals surface area contributed by atoms with Gasteiger partial charge in [0, 0.05) is 19.8 Å². The Bertz CT molecular complexity index is 5210. The molecule has 34 heteroatoms. The van der Waals surface area contributed by atoms with E-state index in [0.29, 0.717) is 22.3 Å². The second-order valence-electron chi connectivity index (χ2n) is 20.1. The van der Waals surface area contributed by atoms with Crippen LogP contribution in [0.1, 0.15) is 0 Å². The van der Waals surface area contributed by atoms with Crippen LogP contribution >= 0.6 is 57.0 Å². The van der Waals surface area contributed by atoms with Gasteiger partial charge in [-0.15, -0.1) is 22.7 Å². The summed E-state index contributed by atoms with van der Waals surface area (Å²) in [6.07, 6.45) is -0.443. The molecular formula is C68H52N12O12P4S2V4. The summed E-state index contributed by atoms with van der Waals surface area (Å²) in [5.74, 6) is 0. The van der Waals surface area contributed by atoms with E-state index in [9.17, 15) is 38.4 Å². The molecule has 0 saturated carbocycles. The molecular weight excluding hydrogens is 1570 g/mol. The number of aromatic amines is 4. The number of methoxy groups -OCH3 is 4. The number of rotatable bonds is 14. The topological polar surface area (TPSA) is 383 Å². The van der Waals surface area contributed by atoms with Crippen LogP contribution in [0, 0.1) is 0 Å². The Morgan fingerprint density at radius 2 is 0.647 bits per heavy atom. The van der Waals surface area contributed by atoms with Crippen molar-refractivity contribution in [2.45, 2.75) is 0 Å². The van der Waals surface area contributed by atoms with Crippen LogP contribution in [0.15, 0.2) is 170 Å². The minimum Gasteiger partial charge on any atom is -0.632 e. The van der Waals surface area contributed by atoms with Crippen molar-refractivity contribution in [2.24, 2.45) is 0 Å². The van der Waals surface area contributed by atoms with Crippen molar-refractivity contribution in [3.63, 3.8) is 0 Å². The van der Waals surface area contributed by atoms with Crippen molar-refractivity contribution < 1.29 is 132 Å². The Hall–Kier alpha value is -8.62. The molecule has 0 bridgehead atoms. The minimum atomic E-state index is -0.995. The molecule has 508 valence electrons. The van der Waals surface area contributed by atoms with Gasteiger partial charge in [-0.05, 0) is 144 Å². The van der Waals surface area contributed by atoms with E-state index in [1.807, 2.05) is 36.2 Å². The third-order valence-corrected chi connectivity index (χ3v) is 18.7. The van der Waals surface area contributed by atoms with Crippen molar-refractivity contribution in [2.75, 3.05) is 28.4 Å². The van der Waals surface area contributed by atoms with Gasteiger partial charge in [0.25, 0.3) is 0 Å². The number of hydrogen-bond acceptors (Lipinski definition) is 18. The molecule has 4 radical (unpaired) electrons. The number of amides is 4. The standard InChI is InChI=1S/2C30H18N4O2P2S.4C2H5NO2.4V/c35-15-37-29-31-14-26(34-29)28-13-23-6-5-22(12-27(23)39-28)20-4-2-17-9-19(3-1-18(17)10-20)21-7-8-24-25(11-21)33-30(32-24)38-16-36;35-15-37-29-31-14-26(34-29)21-5-3-17-9-18(1-2-19(17)10-21)20-4-6-23-13-28(39-27(23)12-20)22-7-8-24-25(11-22)33-30(32-24)38-16-36;4*1-5-2(3)4;;;;/h2*1-14,37-38H,(H,31,34)(H,32,33);4*1H3,(H2,3,4);;;;/q2*-2;;;;;4*+2/p-4. The van der Waals surface area contributed by atoms with Crippen LogP contribution in [-0.2, 0) is 112 Å². The van der Waals surface area contributed by atoms with Gasteiger partial charge in [-0.2, -0.15) is 34.3 Å². The summed E-state index contributed by atoms with van der Waals surface area (Å²) in [5.41, 5.74) is 40.9. The molecule has 14 aromatic rings. The molecule has 0 spiro atoms. The molecule has 4 unspecified atom stereocenters. The number of nitrogens with one attached hydrogen (secondary N) is 8. The first kappa shape index (κ1) is 84.0. The number of thiophene rings is 2. The maximum absolute atomic E-state index is 10.7. The molecule has 8 aromatic carbocycles. The predicted octanol–water partition coefficient (Wildman–Crippen LogP) is 16.0. The van der Waals surface area contributed by atoms with Gasteiger partial charge in [-0.25, -0.2) is 44.0 Å². The van der Waals surface area contributed by atoms with Gasteiger partial charge in [-0.3, -0.25) is 19.2 Å². The van der Waals surface area contributed by atoms with Crippen molar-refractivity contribution >= 4 is 192 Å². The second-order valence-corrected chi connectivity index (χ2v) is 26.0. The first-order chi connectivity index (χ1) is 47.4. The Labute approximate surface area is 644 Å². The quantitative estimate of drug-likeness (QED) is 0.0446. The van der Waals surface area contributed by atoms with Gasteiger partial charge in [0.2, 0.25) is 24.4 Å². The molecule has 14 rings (SSSR count). The van der Waals surface area contributed by atoms with E-state index < -0.39 is 24.4 Å². The Morgan fingerprint density at radius 1 is 0.353 bits per heavy atom. The SMILES string of the molecule is COC([NH-])=O.COC([NH-])=O.COC([NH-])=O.COC([NH-])=O.O=[C-]Pc1ncc(-c2cc3ccc(-c4ccc5cc(-c6ccc7nc(P[C-]=O)[nH]c7c6)ccc5c4)cc3s2)[nH]1.O=[C-]Pc1ncc(-c2ccc3cc(-c4ccc5cc(-c6ccc7nc(P[C-]=O)[nH]c7c6)sc5c4)ccc3c2)[nH]1.[V+2].[V+2].[V+2].[V+2]. The summed E-state index contributed by atoms with van der Waals surface area (Å²) in [6.45, 7) is 0. The van der Waals surface area contributed by atoms with E-state index in [4.69, 9.17) is 22.9 Å². The molecule has 102 heavy (non-hydrogen) atoms. The minimum absolute atomic E-state index is 0. The van der Waals surface area contributed by atoms with Crippen molar-refractivity contribution in [3.05, 3.63) is 193 Å². The summed E-state index contributed by atoms with van der Waals surface area (Å²) in [7, 11) is 4.30. The molecule has 6 aromatic heterocycles. The summed E-state index contributed by atoms with van der Waals surface area (Å²) in [6, 6.07) is 63.4. The van der Waals surface area contributed by atoms with Gasteiger partial charge < -0.3 is 81.0 Å². The smallest absolute Gasteiger partial charge is 0.632 e. The van der Waals surface area contributed by atoms with E-state index in [1.54, 1.807) is 35.1 Å². The number of carbonyl (C=O) groups is 4. The largest absolute Gasteiger partial charge is 2.00 e. The van der Waals surface area contributed by atoms with Crippen LogP contribution in [0.2, 0.25) is 0 Å². The van der Waals surface area contributed by atoms with Crippen LogP contribution in [-0.4, -0.2) is 117 Å². The van der Waals surface area contributed by atoms with Gasteiger partial charge in [-0.1, -0.05) is 84.9 Å². The van der Waals surface area contributed by atoms with E-state index in [1.165, 1.54) is 41.4 Å². The Morgan fingerprint density at radius 3 is 1.05 bits per heavy atom. The molecule has 8 N–H and O–H groups in total. The molecule has 4 atom stereocenters. The first-order valence-corrected chi connectivity index (χ1v) is 34.0. The van der Waals surface area contributed by atoms with Crippen LogP contribution in [0.4, 0.5) is 19.2 Å². The predicted molar refractivity (Wildman–Crippen MR) is 396 cm³/mol. The molecule has 0 aliphatic rings. The van der Waals surface area contributed by atoms with Gasteiger partial charge in [0.15, 0.2) is 0 Å². The average molecular weight is 1620 g/mol. The van der Waals surface area contributed by atoms with Crippen LogP contribution in [0.3, 0.4) is 0 Å². The second kappa shape index (κ2) is 40.9. The van der Waals surface area contributed by atoms with E-state index >= 15 is 0 Å². The van der Waals surface area contributed by atoms with Crippen molar-refractivity contribution in [3.8, 4) is 65.6 Å². The number of benzene rings is 8. The summed E-state index contributed by atoms with van der Waals surface area (Å²) >= 11 is 3.47. The summed E-state index contributed by atoms with van der Waals surface area (Å²) in [5, 5.41) is 7.02. The summed E-state index contributed by atoms with van der Waals surface area (Å²) < 4.78 is 17.5. The van der Waals surface area contributed by atoms with Crippen LogP contribution in [0.25, 0.3) is 152 Å². The molecule has 0 aliphatic heterocycles. The van der Waals surface area contributed by atoms with E-state index in [-0.39, 0.29) is 109 Å². The monoisotopic (exact) mass is 1620 g/mol. The number of imidazole rings is 4. The van der Waals surface area contributed by atoms with Crippen LogP contribution in [0.5, 0.6) is 0 Å². The molecule has 0 fully saturated rings.